The largest absolute Gasteiger partial charge is 0.294 e. The van der Waals surface area contributed by atoms with Gasteiger partial charge in [-0.15, -0.1) is 0 Å². The van der Waals surface area contributed by atoms with Gasteiger partial charge in [-0.2, -0.15) is 0 Å². The molecule has 20 heavy (non-hydrogen) atoms. The van der Waals surface area contributed by atoms with E-state index in [1.54, 1.807) is 0 Å². The summed E-state index contributed by atoms with van der Waals surface area (Å²) in [5.41, 5.74) is 3.38. The lowest BCUT2D eigenvalue weighted by Crippen LogP contribution is -2.10. The SMILES string of the molecule is CCCC(C)C(=O)c1ccc(Cc2ccccc2)cc1. The van der Waals surface area contributed by atoms with Crippen molar-refractivity contribution >= 4 is 5.78 Å². The fourth-order valence-electron chi connectivity index (χ4n) is 2.47. The van der Waals surface area contributed by atoms with Crippen LogP contribution in [0.2, 0.25) is 0 Å². The van der Waals surface area contributed by atoms with Crippen LogP contribution in [-0.2, 0) is 6.42 Å². The van der Waals surface area contributed by atoms with Crippen molar-refractivity contribution in [2.45, 2.75) is 33.1 Å². The van der Waals surface area contributed by atoms with Gasteiger partial charge in [0.2, 0.25) is 0 Å². The molecule has 0 amide bonds. The zero-order chi connectivity index (χ0) is 14.4. The third-order valence-corrected chi connectivity index (χ3v) is 3.66. The van der Waals surface area contributed by atoms with Gasteiger partial charge in [-0.05, 0) is 24.0 Å². The van der Waals surface area contributed by atoms with Crippen LogP contribution in [0.4, 0.5) is 0 Å². The molecule has 2 aromatic carbocycles. The molecular formula is C19H22O. The number of carbonyl (C=O) groups is 1. The minimum absolute atomic E-state index is 0.125. The highest BCUT2D eigenvalue weighted by Gasteiger charge is 2.13. The van der Waals surface area contributed by atoms with Gasteiger partial charge in [0.1, 0.15) is 0 Å². The van der Waals surface area contributed by atoms with Crippen molar-refractivity contribution in [1.82, 2.24) is 0 Å². The van der Waals surface area contributed by atoms with E-state index in [4.69, 9.17) is 0 Å². The quantitative estimate of drug-likeness (QED) is 0.680. The van der Waals surface area contributed by atoms with Gasteiger partial charge in [0.15, 0.2) is 5.78 Å². The van der Waals surface area contributed by atoms with Crippen molar-refractivity contribution in [3.05, 3.63) is 71.3 Å². The number of carbonyl (C=O) groups excluding carboxylic acids is 1. The highest BCUT2D eigenvalue weighted by molar-refractivity contribution is 5.97. The first-order valence-corrected chi connectivity index (χ1v) is 7.37. The summed E-state index contributed by atoms with van der Waals surface area (Å²) in [6.45, 7) is 4.14. The first-order chi connectivity index (χ1) is 9.70. The zero-order valence-corrected chi connectivity index (χ0v) is 12.3. The van der Waals surface area contributed by atoms with E-state index in [0.29, 0.717) is 0 Å². The summed E-state index contributed by atoms with van der Waals surface area (Å²) in [4.78, 5) is 12.2. The Labute approximate surface area is 121 Å². The lowest BCUT2D eigenvalue weighted by Gasteiger charge is -2.09. The van der Waals surface area contributed by atoms with E-state index in [2.05, 4.69) is 43.3 Å². The molecule has 0 saturated heterocycles. The van der Waals surface area contributed by atoms with Crippen LogP contribution in [0.1, 0.15) is 48.2 Å². The number of hydrogen-bond donors (Lipinski definition) is 0. The zero-order valence-electron chi connectivity index (χ0n) is 12.3. The maximum atomic E-state index is 12.2. The fraction of sp³-hybridized carbons (Fsp3) is 0.316. The summed E-state index contributed by atoms with van der Waals surface area (Å²) in [7, 11) is 0. The molecule has 0 spiro atoms. The minimum Gasteiger partial charge on any atom is -0.294 e. The number of hydrogen-bond acceptors (Lipinski definition) is 1. The first kappa shape index (κ1) is 14.5. The monoisotopic (exact) mass is 266 g/mol. The molecule has 1 atom stereocenters. The van der Waals surface area contributed by atoms with Crippen LogP contribution in [0.3, 0.4) is 0 Å². The molecule has 0 bridgehead atoms. The molecule has 0 aliphatic carbocycles. The predicted molar refractivity (Wildman–Crippen MR) is 84.1 cm³/mol. The molecule has 1 unspecified atom stereocenters. The lowest BCUT2D eigenvalue weighted by molar-refractivity contribution is 0.0923. The molecule has 0 heterocycles. The molecule has 1 nitrogen and oxygen atoms in total. The summed E-state index contributed by atoms with van der Waals surface area (Å²) < 4.78 is 0. The Balaban J connectivity index is 2.05. The van der Waals surface area contributed by atoms with Crippen LogP contribution in [0.5, 0.6) is 0 Å². The van der Waals surface area contributed by atoms with Crippen LogP contribution < -0.4 is 0 Å². The van der Waals surface area contributed by atoms with Gasteiger partial charge < -0.3 is 0 Å². The van der Waals surface area contributed by atoms with E-state index in [-0.39, 0.29) is 11.7 Å². The molecular weight excluding hydrogens is 244 g/mol. The van der Waals surface area contributed by atoms with E-state index < -0.39 is 0 Å². The normalized spacial score (nSPS) is 12.1. The van der Waals surface area contributed by atoms with E-state index in [1.165, 1.54) is 11.1 Å². The second-order valence-corrected chi connectivity index (χ2v) is 5.41. The van der Waals surface area contributed by atoms with Gasteiger partial charge in [0.25, 0.3) is 0 Å². The number of Topliss-reactive ketones (excluding diaryl/α,β-unsaturated/α-hetero) is 1. The van der Waals surface area contributed by atoms with Crippen molar-refractivity contribution in [2.75, 3.05) is 0 Å². The number of rotatable bonds is 6. The molecule has 2 rings (SSSR count). The number of ketones is 1. The Bertz CT molecular complexity index is 540. The van der Waals surface area contributed by atoms with Gasteiger partial charge in [-0.1, -0.05) is 74.9 Å². The maximum Gasteiger partial charge on any atom is 0.165 e. The molecule has 0 aliphatic rings. The summed E-state index contributed by atoms with van der Waals surface area (Å²) in [5.74, 6) is 0.387. The Kier molecular flexibility index (Phi) is 5.11. The topological polar surface area (TPSA) is 17.1 Å². The van der Waals surface area contributed by atoms with Gasteiger partial charge in [-0.25, -0.2) is 0 Å². The van der Waals surface area contributed by atoms with Crippen molar-refractivity contribution in [2.24, 2.45) is 5.92 Å². The molecule has 2 aromatic rings. The highest BCUT2D eigenvalue weighted by atomic mass is 16.1. The molecule has 104 valence electrons. The average Bonchev–Trinajstić information content (AvgIpc) is 2.48. The smallest absolute Gasteiger partial charge is 0.165 e. The van der Waals surface area contributed by atoms with Gasteiger partial charge in [-0.3, -0.25) is 4.79 Å². The Hall–Kier alpha value is -1.89. The molecule has 0 aromatic heterocycles. The summed E-state index contributed by atoms with van der Waals surface area (Å²) in [6, 6.07) is 18.5. The van der Waals surface area contributed by atoms with Crippen molar-refractivity contribution in [1.29, 1.82) is 0 Å². The highest BCUT2D eigenvalue weighted by Crippen LogP contribution is 2.16. The molecule has 0 saturated carbocycles. The third kappa shape index (κ3) is 3.80. The van der Waals surface area contributed by atoms with Crippen molar-refractivity contribution in [3.8, 4) is 0 Å². The number of benzene rings is 2. The third-order valence-electron chi connectivity index (χ3n) is 3.66. The van der Waals surface area contributed by atoms with Gasteiger partial charge >= 0.3 is 0 Å². The Morgan fingerprint density at radius 1 is 0.950 bits per heavy atom. The average molecular weight is 266 g/mol. The second-order valence-electron chi connectivity index (χ2n) is 5.41. The predicted octanol–water partition coefficient (Wildman–Crippen LogP) is 4.90. The lowest BCUT2D eigenvalue weighted by atomic mass is 9.94. The van der Waals surface area contributed by atoms with Crippen LogP contribution in [0.15, 0.2) is 54.6 Å². The Morgan fingerprint density at radius 3 is 2.15 bits per heavy atom. The molecule has 0 fully saturated rings. The standard InChI is InChI=1S/C19H22O/c1-3-7-15(2)19(20)18-12-10-17(11-13-18)14-16-8-5-4-6-9-16/h4-6,8-13,15H,3,7,14H2,1-2H3. The minimum atomic E-state index is 0.125. The van der Waals surface area contributed by atoms with Gasteiger partial charge in [0.05, 0.1) is 0 Å². The van der Waals surface area contributed by atoms with E-state index in [9.17, 15) is 4.79 Å². The van der Waals surface area contributed by atoms with E-state index in [0.717, 1.165) is 24.8 Å². The first-order valence-electron chi connectivity index (χ1n) is 7.37. The summed E-state index contributed by atoms with van der Waals surface area (Å²) in [5, 5.41) is 0. The van der Waals surface area contributed by atoms with E-state index in [1.807, 2.05) is 25.1 Å². The second kappa shape index (κ2) is 7.04. The fourth-order valence-corrected chi connectivity index (χ4v) is 2.47. The van der Waals surface area contributed by atoms with Crippen LogP contribution >= 0.6 is 0 Å². The molecule has 0 N–H and O–H groups in total. The van der Waals surface area contributed by atoms with E-state index >= 15 is 0 Å². The Morgan fingerprint density at radius 2 is 1.55 bits per heavy atom. The van der Waals surface area contributed by atoms with Crippen LogP contribution in [-0.4, -0.2) is 5.78 Å². The summed E-state index contributed by atoms with van der Waals surface area (Å²) >= 11 is 0. The summed E-state index contributed by atoms with van der Waals surface area (Å²) in [6.07, 6.45) is 2.93. The van der Waals surface area contributed by atoms with Crippen molar-refractivity contribution in [3.63, 3.8) is 0 Å². The van der Waals surface area contributed by atoms with Crippen LogP contribution in [0, 0.1) is 5.92 Å². The van der Waals surface area contributed by atoms with Crippen LogP contribution in [0.25, 0.3) is 0 Å². The molecule has 1 heteroatoms. The maximum absolute atomic E-state index is 12.2. The van der Waals surface area contributed by atoms with Crippen molar-refractivity contribution < 1.29 is 4.79 Å². The van der Waals surface area contributed by atoms with Gasteiger partial charge in [0, 0.05) is 11.5 Å². The molecule has 0 aliphatic heterocycles. The molecule has 0 radical (unpaired) electrons.